The minimum absolute atomic E-state index is 0.0612. The van der Waals surface area contributed by atoms with Gasteiger partial charge in [0.1, 0.15) is 6.54 Å². The lowest BCUT2D eigenvalue weighted by Gasteiger charge is -2.04. The van der Waals surface area contributed by atoms with Crippen molar-refractivity contribution in [1.82, 2.24) is 25.6 Å². The van der Waals surface area contributed by atoms with Gasteiger partial charge < -0.3 is 0 Å². The first-order valence-electron chi connectivity index (χ1n) is 8.84. The van der Waals surface area contributed by atoms with E-state index in [-0.39, 0.29) is 12.5 Å². The number of amides is 1. The fourth-order valence-corrected chi connectivity index (χ4v) is 2.80. The van der Waals surface area contributed by atoms with Crippen molar-refractivity contribution in [3.05, 3.63) is 78.4 Å². The van der Waals surface area contributed by atoms with Crippen molar-refractivity contribution in [2.45, 2.75) is 13.5 Å². The maximum absolute atomic E-state index is 12.2. The van der Waals surface area contributed by atoms with E-state index in [2.05, 4.69) is 32.0 Å². The standard InChI is InChI=1S/C21H18N6O/c1-15(18-12-11-16-7-5-6-10-19(16)13-18)22-23-20(28)14-27-25-21(24-26-27)17-8-3-2-4-9-17/h2-13H,14H2,1H3,(H,23,28)/b22-15-. The first kappa shape index (κ1) is 17.5. The summed E-state index contributed by atoms with van der Waals surface area (Å²) in [5.74, 6) is 0.154. The van der Waals surface area contributed by atoms with Gasteiger partial charge in [0.05, 0.1) is 5.71 Å². The van der Waals surface area contributed by atoms with Crippen molar-refractivity contribution >= 4 is 22.4 Å². The van der Waals surface area contributed by atoms with Crippen molar-refractivity contribution < 1.29 is 4.79 Å². The molecule has 0 atom stereocenters. The Hall–Kier alpha value is -3.87. The Bertz CT molecular complexity index is 1150. The second kappa shape index (κ2) is 7.79. The van der Waals surface area contributed by atoms with E-state index >= 15 is 0 Å². The maximum Gasteiger partial charge on any atom is 0.263 e. The molecule has 138 valence electrons. The van der Waals surface area contributed by atoms with Gasteiger partial charge in [0, 0.05) is 5.56 Å². The molecule has 1 heterocycles. The van der Waals surface area contributed by atoms with E-state index < -0.39 is 0 Å². The number of fused-ring (bicyclic) bond motifs is 1. The first-order valence-corrected chi connectivity index (χ1v) is 8.84. The van der Waals surface area contributed by atoms with Gasteiger partial charge in [-0.15, -0.1) is 10.2 Å². The van der Waals surface area contributed by atoms with Crippen LogP contribution < -0.4 is 5.43 Å². The van der Waals surface area contributed by atoms with Crippen LogP contribution in [0.4, 0.5) is 0 Å². The molecule has 7 heteroatoms. The van der Waals surface area contributed by atoms with Crippen molar-refractivity contribution in [3.8, 4) is 11.4 Å². The summed E-state index contributed by atoms with van der Waals surface area (Å²) in [5.41, 5.74) is 5.06. The minimum Gasteiger partial charge on any atom is -0.271 e. The van der Waals surface area contributed by atoms with Gasteiger partial charge in [-0.3, -0.25) is 4.79 Å². The average Bonchev–Trinajstić information content (AvgIpc) is 3.20. The molecule has 0 fully saturated rings. The summed E-state index contributed by atoms with van der Waals surface area (Å²) in [6, 6.07) is 23.7. The Morgan fingerprint density at radius 2 is 1.75 bits per heavy atom. The van der Waals surface area contributed by atoms with Crippen molar-refractivity contribution in [2.75, 3.05) is 0 Å². The van der Waals surface area contributed by atoms with Crippen LogP contribution in [0.2, 0.25) is 0 Å². The zero-order valence-electron chi connectivity index (χ0n) is 15.3. The third kappa shape index (κ3) is 3.93. The number of benzene rings is 3. The molecular formula is C21H18N6O. The van der Waals surface area contributed by atoms with Crippen LogP contribution in [0.15, 0.2) is 77.9 Å². The van der Waals surface area contributed by atoms with Crippen LogP contribution in [0, 0.1) is 0 Å². The van der Waals surface area contributed by atoms with Crippen LogP contribution in [0.5, 0.6) is 0 Å². The Labute approximate surface area is 161 Å². The molecule has 0 spiro atoms. The van der Waals surface area contributed by atoms with Crippen LogP contribution in [0.1, 0.15) is 12.5 Å². The number of carbonyl (C=O) groups is 1. The molecule has 4 aromatic rings. The molecule has 1 N–H and O–H groups in total. The number of tetrazole rings is 1. The normalized spacial score (nSPS) is 11.5. The van der Waals surface area contributed by atoms with E-state index in [1.165, 1.54) is 4.80 Å². The van der Waals surface area contributed by atoms with Gasteiger partial charge in [-0.1, -0.05) is 66.7 Å². The molecule has 0 saturated carbocycles. The Balaban J connectivity index is 1.41. The topological polar surface area (TPSA) is 85.1 Å². The Morgan fingerprint density at radius 3 is 2.57 bits per heavy atom. The highest BCUT2D eigenvalue weighted by atomic mass is 16.2. The number of hydrazone groups is 1. The highest BCUT2D eigenvalue weighted by Crippen LogP contribution is 2.16. The molecule has 1 amide bonds. The summed E-state index contributed by atoms with van der Waals surface area (Å²) >= 11 is 0. The van der Waals surface area contributed by atoms with Crippen LogP contribution in [0.25, 0.3) is 22.2 Å². The lowest BCUT2D eigenvalue weighted by atomic mass is 10.0. The van der Waals surface area contributed by atoms with Crippen LogP contribution >= 0.6 is 0 Å². The van der Waals surface area contributed by atoms with Crippen LogP contribution in [-0.2, 0) is 11.3 Å². The average molecular weight is 370 g/mol. The van der Waals surface area contributed by atoms with E-state index in [4.69, 9.17) is 0 Å². The number of carbonyl (C=O) groups excluding carboxylic acids is 1. The van der Waals surface area contributed by atoms with Gasteiger partial charge in [0.2, 0.25) is 5.82 Å². The maximum atomic E-state index is 12.2. The predicted molar refractivity (Wildman–Crippen MR) is 108 cm³/mol. The SMILES string of the molecule is C/C(=N/NC(=O)Cn1nnc(-c2ccccc2)n1)c1ccc2ccccc2c1. The zero-order chi connectivity index (χ0) is 19.3. The summed E-state index contributed by atoms with van der Waals surface area (Å²) < 4.78 is 0. The highest BCUT2D eigenvalue weighted by Gasteiger charge is 2.09. The lowest BCUT2D eigenvalue weighted by Crippen LogP contribution is -2.25. The number of hydrogen-bond acceptors (Lipinski definition) is 5. The van der Waals surface area contributed by atoms with Gasteiger partial charge in [-0.2, -0.15) is 9.90 Å². The number of hydrogen-bond donors (Lipinski definition) is 1. The molecular weight excluding hydrogens is 352 g/mol. The predicted octanol–water partition coefficient (Wildman–Crippen LogP) is 3.03. The fraction of sp³-hybridized carbons (Fsp3) is 0.0952. The number of nitrogens with zero attached hydrogens (tertiary/aromatic N) is 5. The molecule has 7 nitrogen and oxygen atoms in total. The first-order chi connectivity index (χ1) is 13.7. The summed E-state index contributed by atoms with van der Waals surface area (Å²) in [4.78, 5) is 13.4. The summed E-state index contributed by atoms with van der Waals surface area (Å²) in [6.07, 6.45) is 0. The number of aromatic nitrogens is 4. The molecule has 28 heavy (non-hydrogen) atoms. The van der Waals surface area contributed by atoms with Crippen LogP contribution in [0.3, 0.4) is 0 Å². The molecule has 0 saturated heterocycles. The second-order valence-corrected chi connectivity index (χ2v) is 6.30. The largest absolute Gasteiger partial charge is 0.271 e. The zero-order valence-corrected chi connectivity index (χ0v) is 15.3. The molecule has 0 bridgehead atoms. The lowest BCUT2D eigenvalue weighted by molar-refractivity contribution is -0.122. The van der Waals surface area contributed by atoms with Crippen molar-refractivity contribution in [2.24, 2.45) is 5.10 Å². The van der Waals surface area contributed by atoms with Crippen molar-refractivity contribution in [1.29, 1.82) is 0 Å². The van der Waals surface area contributed by atoms with E-state index in [9.17, 15) is 4.79 Å². The fourth-order valence-electron chi connectivity index (χ4n) is 2.80. The van der Waals surface area contributed by atoms with Gasteiger partial charge >= 0.3 is 0 Å². The molecule has 3 aromatic carbocycles. The summed E-state index contributed by atoms with van der Waals surface area (Å²) in [7, 11) is 0. The monoisotopic (exact) mass is 370 g/mol. The number of nitrogens with one attached hydrogen (secondary N) is 1. The molecule has 4 rings (SSSR count). The molecule has 0 aliphatic carbocycles. The number of rotatable bonds is 5. The second-order valence-electron chi connectivity index (χ2n) is 6.30. The summed E-state index contributed by atoms with van der Waals surface area (Å²) in [5, 5.41) is 18.6. The molecule has 0 aliphatic heterocycles. The quantitative estimate of drug-likeness (QED) is 0.432. The third-order valence-electron chi connectivity index (χ3n) is 4.29. The van der Waals surface area contributed by atoms with E-state index in [0.717, 1.165) is 27.6 Å². The van der Waals surface area contributed by atoms with Crippen molar-refractivity contribution in [3.63, 3.8) is 0 Å². The van der Waals surface area contributed by atoms with Gasteiger partial charge in [0.25, 0.3) is 5.91 Å². The van der Waals surface area contributed by atoms with Gasteiger partial charge in [0.15, 0.2) is 0 Å². The molecule has 1 aromatic heterocycles. The Morgan fingerprint density at radius 1 is 1.00 bits per heavy atom. The van der Waals surface area contributed by atoms with Gasteiger partial charge in [-0.05, 0) is 34.5 Å². The molecule has 0 radical (unpaired) electrons. The van der Waals surface area contributed by atoms with E-state index in [1.54, 1.807) is 0 Å². The highest BCUT2D eigenvalue weighted by molar-refractivity contribution is 6.02. The van der Waals surface area contributed by atoms with E-state index in [1.807, 2.05) is 73.7 Å². The minimum atomic E-state index is -0.322. The smallest absolute Gasteiger partial charge is 0.263 e. The van der Waals surface area contributed by atoms with Crippen LogP contribution in [-0.4, -0.2) is 31.8 Å². The van der Waals surface area contributed by atoms with Gasteiger partial charge in [-0.25, -0.2) is 5.43 Å². The summed E-state index contributed by atoms with van der Waals surface area (Å²) in [6.45, 7) is 1.79. The molecule has 0 aliphatic rings. The van der Waals surface area contributed by atoms with E-state index in [0.29, 0.717) is 5.82 Å². The Kier molecular flexibility index (Phi) is 4.88. The third-order valence-corrected chi connectivity index (χ3v) is 4.29. The molecule has 0 unspecified atom stereocenters.